The first-order valence-corrected chi connectivity index (χ1v) is 7.28. The Balaban J connectivity index is 1.74. The van der Waals surface area contributed by atoms with E-state index in [2.05, 4.69) is 17.2 Å². The fourth-order valence-corrected chi connectivity index (χ4v) is 2.62. The Morgan fingerprint density at radius 1 is 1.32 bits per heavy atom. The van der Waals surface area contributed by atoms with Gasteiger partial charge in [-0.2, -0.15) is 0 Å². The molecule has 2 aliphatic rings. The maximum absolute atomic E-state index is 12.5. The third-order valence-corrected chi connectivity index (χ3v) is 3.96. The van der Waals surface area contributed by atoms with E-state index in [-0.39, 0.29) is 5.91 Å². The number of piperidine rings is 1. The minimum atomic E-state index is 0.0756. The highest BCUT2D eigenvalue weighted by molar-refractivity contribution is 5.93. The van der Waals surface area contributed by atoms with E-state index in [1.54, 1.807) is 0 Å². The Bertz CT molecular complexity index is 470. The summed E-state index contributed by atoms with van der Waals surface area (Å²) in [6.07, 6.45) is 5.86. The zero-order valence-electron chi connectivity index (χ0n) is 11.4. The van der Waals surface area contributed by atoms with Gasteiger partial charge in [0.05, 0.1) is 0 Å². The van der Waals surface area contributed by atoms with Crippen molar-refractivity contribution in [3.63, 3.8) is 0 Å². The molecule has 1 N–H and O–H groups in total. The molecule has 2 heterocycles. The Morgan fingerprint density at radius 3 is 2.89 bits per heavy atom. The van der Waals surface area contributed by atoms with Crippen LogP contribution in [0.2, 0.25) is 0 Å². The first kappa shape index (κ1) is 12.5. The Morgan fingerprint density at radius 2 is 2.16 bits per heavy atom. The second kappa shape index (κ2) is 5.19. The van der Waals surface area contributed by atoms with Crippen LogP contribution in [0.5, 0.6) is 0 Å². The number of anilines is 1. The zero-order chi connectivity index (χ0) is 13.2. The summed E-state index contributed by atoms with van der Waals surface area (Å²) in [5, 5.41) is 3.34. The molecule has 1 aliphatic heterocycles. The maximum Gasteiger partial charge on any atom is 0.272 e. The fraction of sp³-hybridized carbons (Fsp3) is 0.600. The van der Waals surface area contributed by atoms with Crippen LogP contribution in [0.3, 0.4) is 0 Å². The van der Waals surface area contributed by atoms with Crippen LogP contribution in [0.1, 0.15) is 49.5 Å². The van der Waals surface area contributed by atoms with E-state index in [1.165, 1.54) is 19.3 Å². The van der Waals surface area contributed by atoms with E-state index >= 15 is 0 Å². The summed E-state index contributed by atoms with van der Waals surface area (Å²) in [4.78, 5) is 18.9. The number of amides is 1. The Labute approximate surface area is 114 Å². The molecule has 4 heteroatoms. The van der Waals surface area contributed by atoms with E-state index in [4.69, 9.17) is 0 Å². The Kier molecular flexibility index (Phi) is 3.40. The lowest BCUT2D eigenvalue weighted by molar-refractivity contribution is 0.0629. The molecule has 0 aromatic carbocycles. The van der Waals surface area contributed by atoms with Crippen LogP contribution < -0.4 is 5.32 Å². The van der Waals surface area contributed by atoms with Gasteiger partial charge in [0, 0.05) is 18.6 Å². The SMILES string of the molecule is CC1CCCCN1C(=O)c1cccc(NC2CC2)n1. The van der Waals surface area contributed by atoms with Crippen LogP contribution in [0.15, 0.2) is 18.2 Å². The number of hydrogen-bond acceptors (Lipinski definition) is 3. The standard InChI is InChI=1S/C15H21N3O/c1-11-5-2-3-10-18(11)15(19)13-6-4-7-14(17-13)16-12-8-9-12/h4,6-7,11-12H,2-3,5,8-10H2,1H3,(H,16,17). The van der Waals surface area contributed by atoms with Gasteiger partial charge in [0.2, 0.25) is 0 Å². The quantitative estimate of drug-likeness (QED) is 0.907. The molecule has 1 aliphatic carbocycles. The second-order valence-corrected chi connectivity index (χ2v) is 5.67. The van der Waals surface area contributed by atoms with E-state index in [9.17, 15) is 4.79 Å². The van der Waals surface area contributed by atoms with E-state index < -0.39 is 0 Å². The number of likely N-dealkylation sites (tertiary alicyclic amines) is 1. The van der Waals surface area contributed by atoms with Gasteiger partial charge in [-0.25, -0.2) is 4.98 Å². The van der Waals surface area contributed by atoms with Gasteiger partial charge in [0.25, 0.3) is 5.91 Å². The van der Waals surface area contributed by atoms with Gasteiger partial charge in [0.1, 0.15) is 11.5 Å². The maximum atomic E-state index is 12.5. The van der Waals surface area contributed by atoms with Gasteiger partial charge in [-0.3, -0.25) is 4.79 Å². The summed E-state index contributed by atoms with van der Waals surface area (Å²) in [5.41, 5.74) is 0.569. The summed E-state index contributed by atoms with van der Waals surface area (Å²) in [7, 11) is 0. The predicted molar refractivity (Wildman–Crippen MR) is 75.2 cm³/mol. The zero-order valence-corrected chi connectivity index (χ0v) is 11.4. The summed E-state index contributed by atoms with van der Waals surface area (Å²) in [5.74, 6) is 0.907. The minimum absolute atomic E-state index is 0.0756. The van der Waals surface area contributed by atoms with Crippen molar-refractivity contribution < 1.29 is 4.79 Å². The van der Waals surface area contributed by atoms with Crippen LogP contribution in [-0.2, 0) is 0 Å². The van der Waals surface area contributed by atoms with Gasteiger partial charge in [-0.15, -0.1) is 0 Å². The monoisotopic (exact) mass is 259 g/mol. The largest absolute Gasteiger partial charge is 0.367 e. The molecule has 1 aromatic rings. The topological polar surface area (TPSA) is 45.2 Å². The molecule has 102 valence electrons. The normalized spacial score (nSPS) is 23.2. The summed E-state index contributed by atoms with van der Waals surface area (Å²) >= 11 is 0. The fourth-order valence-electron chi connectivity index (χ4n) is 2.62. The molecular formula is C15H21N3O. The third kappa shape index (κ3) is 2.88. The van der Waals surface area contributed by atoms with Crippen LogP contribution >= 0.6 is 0 Å². The van der Waals surface area contributed by atoms with Crippen LogP contribution in [0.4, 0.5) is 5.82 Å². The van der Waals surface area contributed by atoms with Crippen molar-refractivity contribution in [2.45, 2.75) is 51.1 Å². The molecule has 2 fully saturated rings. The predicted octanol–water partition coefficient (Wildman–Crippen LogP) is 2.67. The Hall–Kier alpha value is -1.58. The average molecular weight is 259 g/mol. The molecule has 4 nitrogen and oxygen atoms in total. The molecule has 1 unspecified atom stereocenters. The second-order valence-electron chi connectivity index (χ2n) is 5.67. The van der Waals surface area contributed by atoms with Crippen molar-refractivity contribution in [2.24, 2.45) is 0 Å². The number of nitrogens with zero attached hydrogens (tertiary/aromatic N) is 2. The van der Waals surface area contributed by atoms with E-state index in [1.807, 2.05) is 23.1 Å². The number of rotatable bonds is 3. The first-order valence-electron chi connectivity index (χ1n) is 7.28. The van der Waals surface area contributed by atoms with Gasteiger partial charge < -0.3 is 10.2 Å². The lowest BCUT2D eigenvalue weighted by atomic mass is 10.0. The molecule has 1 atom stereocenters. The number of aromatic nitrogens is 1. The highest BCUT2D eigenvalue weighted by Gasteiger charge is 2.26. The van der Waals surface area contributed by atoms with Crippen molar-refractivity contribution in [1.82, 2.24) is 9.88 Å². The van der Waals surface area contributed by atoms with Crippen LogP contribution in [0.25, 0.3) is 0 Å². The van der Waals surface area contributed by atoms with Crippen molar-refractivity contribution in [3.8, 4) is 0 Å². The number of carbonyl (C=O) groups excluding carboxylic acids is 1. The molecule has 1 saturated heterocycles. The lowest BCUT2D eigenvalue weighted by Crippen LogP contribution is -2.42. The minimum Gasteiger partial charge on any atom is -0.367 e. The average Bonchev–Trinajstić information content (AvgIpc) is 3.23. The smallest absolute Gasteiger partial charge is 0.272 e. The van der Waals surface area contributed by atoms with Crippen LogP contribution in [-0.4, -0.2) is 34.4 Å². The van der Waals surface area contributed by atoms with Crippen molar-refractivity contribution in [3.05, 3.63) is 23.9 Å². The van der Waals surface area contributed by atoms with Gasteiger partial charge >= 0.3 is 0 Å². The molecular weight excluding hydrogens is 238 g/mol. The molecule has 1 amide bonds. The molecule has 0 spiro atoms. The van der Waals surface area contributed by atoms with E-state index in [0.717, 1.165) is 25.2 Å². The molecule has 1 saturated carbocycles. The summed E-state index contributed by atoms with van der Waals surface area (Å²) < 4.78 is 0. The molecule has 0 radical (unpaired) electrons. The molecule has 1 aromatic heterocycles. The highest BCUT2D eigenvalue weighted by Crippen LogP contribution is 2.24. The van der Waals surface area contributed by atoms with Crippen molar-refractivity contribution in [2.75, 3.05) is 11.9 Å². The van der Waals surface area contributed by atoms with Crippen LogP contribution in [0, 0.1) is 0 Å². The first-order chi connectivity index (χ1) is 9.24. The van der Waals surface area contributed by atoms with Crippen molar-refractivity contribution in [1.29, 1.82) is 0 Å². The summed E-state index contributed by atoms with van der Waals surface area (Å²) in [6.45, 7) is 2.99. The number of carbonyl (C=O) groups is 1. The summed E-state index contributed by atoms with van der Waals surface area (Å²) in [6, 6.07) is 6.57. The highest BCUT2D eigenvalue weighted by atomic mass is 16.2. The van der Waals surface area contributed by atoms with Gasteiger partial charge in [0.15, 0.2) is 0 Å². The van der Waals surface area contributed by atoms with Crippen molar-refractivity contribution >= 4 is 11.7 Å². The van der Waals surface area contributed by atoms with Gasteiger partial charge in [-0.1, -0.05) is 6.07 Å². The molecule has 19 heavy (non-hydrogen) atoms. The number of pyridine rings is 1. The molecule has 0 bridgehead atoms. The molecule has 3 rings (SSSR count). The van der Waals surface area contributed by atoms with E-state index in [0.29, 0.717) is 17.8 Å². The number of hydrogen-bond donors (Lipinski definition) is 1. The third-order valence-electron chi connectivity index (χ3n) is 3.96. The lowest BCUT2D eigenvalue weighted by Gasteiger charge is -2.33. The number of nitrogens with one attached hydrogen (secondary N) is 1. The van der Waals surface area contributed by atoms with Gasteiger partial charge in [-0.05, 0) is 51.2 Å².